The average molecular weight is 1160 g/mol. The number of benzene rings is 2. The molecule has 0 bridgehead atoms. The zero-order chi connectivity index (χ0) is 56.3. The van der Waals surface area contributed by atoms with E-state index in [0.717, 1.165) is 0 Å². The minimum Gasteiger partial charge on any atom is -0.492 e. The Morgan fingerprint density at radius 2 is 0.923 bits per heavy atom. The highest BCUT2D eigenvalue weighted by Gasteiger charge is 2.48. The number of methoxy groups -OCH3 is 4. The summed E-state index contributed by atoms with van der Waals surface area (Å²) in [4.78, 5) is 52.4. The molecular weight excluding hydrogens is 1090 g/mol. The highest BCUT2D eigenvalue weighted by molar-refractivity contribution is 8.76. The van der Waals surface area contributed by atoms with Crippen molar-refractivity contribution >= 4 is 56.9 Å². The van der Waals surface area contributed by atoms with Gasteiger partial charge in [0.1, 0.15) is 48.8 Å². The summed E-state index contributed by atoms with van der Waals surface area (Å²) in [5.41, 5.74) is 4.62. The van der Waals surface area contributed by atoms with Gasteiger partial charge >= 0.3 is 0 Å². The van der Waals surface area contributed by atoms with Crippen molar-refractivity contribution in [3.63, 3.8) is 0 Å². The van der Waals surface area contributed by atoms with Crippen LogP contribution in [0.1, 0.15) is 61.0 Å². The molecule has 0 unspecified atom stereocenters. The first-order chi connectivity index (χ1) is 37.4. The largest absolute Gasteiger partial charge is 0.492 e. The van der Waals surface area contributed by atoms with Gasteiger partial charge in [0.15, 0.2) is 33.9 Å². The molecule has 2 amide bonds. The summed E-state index contributed by atoms with van der Waals surface area (Å²) in [5.74, 6) is 0.330. The number of thioether (sulfide) groups is 2. The van der Waals surface area contributed by atoms with Crippen LogP contribution in [0.2, 0.25) is 0 Å². The molecule has 2 aliphatic carbocycles. The van der Waals surface area contributed by atoms with Crippen LogP contribution in [0, 0.1) is 0 Å². The van der Waals surface area contributed by atoms with E-state index in [2.05, 4.69) is 10.6 Å². The molecule has 422 valence electrons. The first-order valence-corrected chi connectivity index (χ1v) is 29.8. The number of carbonyl (C=O) groups excluding carboxylic acids is 2. The van der Waals surface area contributed by atoms with Crippen LogP contribution in [0.4, 0.5) is 0 Å². The third kappa shape index (κ3) is 12.1. The number of hydrogen-bond acceptors (Lipinski definition) is 22. The molecule has 0 saturated carbocycles. The molecule has 2 saturated heterocycles. The van der Waals surface area contributed by atoms with Gasteiger partial charge in [-0.3, -0.25) is 19.2 Å². The number of amides is 2. The Hall–Kier alpha value is -4.96. The predicted molar refractivity (Wildman–Crippen MR) is 295 cm³/mol. The third-order valence-corrected chi connectivity index (χ3v) is 18.1. The van der Waals surface area contributed by atoms with E-state index in [-0.39, 0.29) is 68.7 Å². The van der Waals surface area contributed by atoms with E-state index in [4.69, 9.17) is 37.9 Å². The minimum atomic E-state index is -1.73. The highest BCUT2D eigenvalue weighted by Crippen LogP contribution is 2.53. The van der Waals surface area contributed by atoms with Gasteiger partial charge in [-0.05, 0) is 108 Å². The van der Waals surface area contributed by atoms with Crippen molar-refractivity contribution in [2.75, 3.05) is 52.5 Å². The molecule has 0 spiro atoms. The fourth-order valence-electron chi connectivity index (χ4n) is 10.4. The molecule has 8 rings (SSSR count). The van der Waals surface area contributed by atoms with Gasteiger partial charge in [-0.1, -0.05) is 33.7 Å². The normalized spacial score (nSPS) is 26.3. The lowest BCUT2D eigenvalue weighted by atomic mass is 9.95. The summed E-state index contributed by atoms with van der Waals surface area (Å²) < 4.78 is 48.6. The lowest BCUT2D eigenvalue weighted by Crippen LogP contribution is -2.60. The zero-order valence-electron chi connectivity index (χ0n) is 44.0. The lowest BCUT2D eigenvalue weighted by Gasteiger charge is -2.41. The molecule has 78 heavy (non-hydrogen) atoms. The molecule has 8 N–H and O–H groups in total. The molecule has 12 atom stereocenters. The van der Waals surface area contributed by atoms with Crippen LogP contribution in [-0.4, -0.2) is 156 Å². The van der Waals surface area contributed by atoms with E-state index in [1.165, 1.54) is 99.5 Å². The number of ether oxygens (including phenoxy) is 8. The quantitative estimate of drug-likeness (QED) is 0.0422. The summed E-state index contributed by atoms with van der Waals surface area (Å²) in [7, 11) is 8.03. The molecule has 0 aromatic heterocycles. The van der Waals surface area contributed by atoms with Crippen LogP contribution >= 0.6 is 45.1 Å². The van der Waals surface area contributed by atoms with Gasteiger partial charge in [-0.15, -0.1) is 23.5 Å². The molecule has 24 heteroatoms. The lowest BCUT2D eigenvalue weighted by molar-refractivity contribution is -0.267. The van der Waals surface area contributed by atoms with Crippen LogP contribution in [0.25, 0.3) is 22.3 Å². The van der Waals surface area contributed by atoms with Crippen LogP contribution in [0.5, 0.6) is 34.5 Å². The van der Waals surface area contributed by atoms with Crippen LogP contribution in [-0.2, 0) is 31.9 Å². The Bertz CT molecular complexity index is 2810. The second-order valence-electron chi connectivity index (χ2n) is 18.9. The van der Waals surface area contributed by atoms with Gasteiger partial charge < -0.3 is 79.2 Å². The van der Waals surface area contributed by atoms with Crippen LogP contribution in [0.15, 0.2) is 67.9 Å². The van der Waals surface area contributed by atoms with Gasteiger partial charge in [0.25, 0.3) is 0 Å². The van der Waals surface area contributed by atoms with Gasteiger partial charge in [0, 0.05) is 36.5 Å². The van der Waals surface area contributed by atoms with Crippen molar-refractivity contribution in [3.05, 3.63) is 91.2 Å². The maximum atomic E-state index is 13.3. The first kappa shape index (κ1) is 59.2. The molecule has 0 radical (unpaired) electrons. The van der Waals surface area contributed by atoms with Crippen molar-refractivity contribution in [2.45, 2.75) is 123 Å². The Kier molecular flexibility index (Phi) is 19.5. The molecule has 4 aromatic rings. The van der Waals surface area contributed by atoms with Crippen molar-refractivity contribution in [2.24, 2.45) is 0 Å². The number of nitrogens with one attached hydrogen (secondary N) is 2. The second kappa shape index (κ2) is 25.7. The number of carbonyl (C=O) groups is 2. The van der Waals surface area contributed by atoms with Gasteiger partial charge in [0.05, 0.1) is 50.3 Å². The summed E-state index contributed by atoms with van der Waals surface area (Å²) in [6, 6.07) is 12.4. The fourth-order valence-corrected chi connectivity index (χ4v) is 13.7. The van der Waals surface area contributed by atoms with Gasteiger partial charge in [-0.2, -0.15) is 0 Å². The molecule has 4 aliphatic rings. The molecule has 2 aliphatic heterocycles. The van der Waals surface area contributed by atoms with E-state index in [1.807, 2.05) is 0 Å². The van der Waals surface area contributed by atoms with E-state index in [9.17, 15) is 49.8 Å². The monoisotopic (exact) mass is 1160 g/mol. The van der Waals surface area contributed by atoms with E-state index in [1.54, 1.807) is 48.9 Å². The Balaban J connectivity index is 0.987. The Morgan fingerprint density at radius 1 is 0.551 bits per heavy atom. The van der Waals surface area contributed by atoms with Crippen molar-refractivity contribution in [1.82, 2.24) is 10.6 Å². The Morgan fingerprint density at radius 3 is 1.26 bits per heavy atom. The van der Waals surface area contributed by atoms with Gasteiger partial charge in [-0.25, -0.2) is 0 Å². The summed E-state index contributed by atoms with van der Waals surface area (Å²) in [6.45, 7) is 2.81. The SMILES string of the molecule is COc1c(O[C@@H]2O[C@H](CSSC[C@H]3O[C@@H](Oc4cc5c(c(OC)c4OC)-c4ccc(SC)c(=O)cc4[C@@H](NC(C)=O)CC5)[C@H](O)[C@@H](O)[C@@H]3O)[C@@H](O)[C@H](O)[C@H]2O)cc2c(c1OC)-c1ccc(SC)c(=O)cc1[C@@H](NC(C)=O)CC2. The maximum absolute atomic E-state index is 13.3. The number of aryl methyl sites for hydroxylation is 2. The predicted octanol–water partition coefficient (Wildman–Crippen LogP) is 3.92. The summed E-state index contributed by atoms with van der Waals surface area (Å²) >= 11 is 2.59. The van der Waals surface area contributed by atoms with E-state index >= 15 is 0 Å². The first-order valence-electron chi connectivity index (χ1n) is 24.9. The van der Waals surface area contributed by atoms with E-state index < -0.39 is 73.5 Å². The number of fused-ring (bicyclic) bond motifs is 6. The number of aliphatic hydroxyl groups is 6. The Labute approximate surface area is 466 Å². The maximum Gasteiger partial charge on any atom is 0.229 e. The second-order valence-corrected chi connectivity index (χ2v) is 23.2. The number of rotatable bonds is 17. The molecule has 2 heterocycles. The molecule has 4 aromatic carbocycles. The molecule has 20 nitrogen and oxygen atoms in total. The summed E-state index contributed by atoms with van der Waals surface area (Å²) in [5, 5.41) is 73.0. The summed E-state index contributed by atoms with van der Waals surface area (Å²) in [6.07, 6.45) is -10.2. The topological polar surface area (TPSA) is 288 Å². The third-order valence-electron chi connectivity index (χ3n) is 14.1. The van der Waals surface area contributed by atoms with Crippen LogP contribution < -0.4 is 49.9 Å². The number of aliphatic hydroxyl groups excluding tert-OH is 6. The van der Waals surface area contributed by atoms with Gasteiger partial charge in [0.2, 0.25) is 35.9 Å². The number of hydrogen-bond donors (Lipinski definition) is 8. The smallest absolute Gasteiger partial charge is 0.229 e. The zero-order valence-corrected chi connectivity index (χ0v) is 47.3. The molecule has 2 fully saturated rings. The average Bonchev–Trinajstić information content (AvgIpc) is 3.97. The van der Waals surface area contributed by atoms with Crippen molar-refractivity contribution < 1.29 is 78.1 Å². The van der Waals surface area contributed by atoms with Crippen molar-refractivity contribution in [3.8, 4) is 56.8 Å². The van der Waals surface area contributed by atoms with Crippen LogP contribution in [0.3, 0.4) is 0 Å². The minimum absolute atomic E-state index is 0.0108. The highest BCUT2D eigenvalue weighted by atomic mass is 33.1. The standard InChI is InChI=1S/C54H64N2O18S4/c1-23(57)55-31-13-9-25-17-35(49(67-3)51(69-5)41(25)27-11-15-39(75-7)33(59)19-29(27)31)71-53-47(65)45(63)43(61)37(73-53)21-77-78-22-38-44(62)46(64)48(66)54(74-38)72-36-18-26-10-14-32(56-24(2)58)30-20-34(60)40(76-8)16-12-28(30)42(26)52(70-6)50(36)68-4/h11-12,15-20,31-32,37-38,43-48,53-54,61-66H,9-10,13-14,21-22H2,1-8H3,(H,55,57)(H,56,58)/t31-,32-,37+,38+,43+,44+,45-,46-,47+,48+,53+,54+/m0/s1. The van der Waals surface area contributed by atoms with E-state index in [0.29, 0.717) is 80.0 Å². The molecular formula is C54H64N2O18S4. The van der Waals surface area contributed by atoms with Crippen molar-refractivity contribution in [1.29, 1.82) is 0 Å². The fraction of sp³-hybridized carbons (Fsp3) is 0.481.